The first-order chi connectivity index (χ1) is 11.5. The van der Waals surface area contributed by atoms with Crippen molar-refractivity contribution < 1.29 is 0 Å². The third-order valence-electron chi connectivity index (χ3n) is 6.26. The van der Waals surface area contributed by atoms with Crippen LogP contribution in [-0.2, 0) is 0 Å². The molecule has 2 atom stereocenters. The lowest BCUT2D eigenvalue weighted by atomic mass is 9.72. The Morgan fingerprint density at radius 1 is 1.12 bits per heavy atom. The Morgan fingerprint density at radius 3 is 2.46 bits per heavy atom. The van der Waals surface area contributed by atoms with E-state index in [0.717, 1.165) is 16.9 Å². The summed E-state index contributed by atoms with van der Waals surface area (Å²) >= 11 is 6.10. The molecule has 3 aliphatic rings. The van der Waals surface area contributed by atoms with Crippen molar-refractivity contribution in [3.8, 4) is 0 Å². The number of nitrogens with one attached hydrogen (secondary N) is 1. The number of hydrogen-bond acceptors (Lipinski definition) is 2. The lowest BCUT2D eigenvalue weighted by Crippen LogP contribution is -2.30. The molecule has 3 heteroatoms. The van der Waals surface area contributed by atoms with E-state index >= 15 is 0 Å². The van der Waals surface area contributed by atoms with Crippen molar-refractivity contribution in [2.75, 3.05) is 32.7 Å². The van der Waals surface area contributed by atoms with Crippen molar-refractivity contribution in [1.29, 1.82) is 0 Å². The highest BCUT2D eigenvalue weighted by atomic mass is 35.5. The minimum Gasteiger partial charge on any atom is -0.316 e. The Morgan fingerprint density at radius 2 is 1.79 bits per heavy atom. The van der Waals surface area contributed by atoms with Crippen LogP contribution in [0.1, 0.15) is 38.7 Å². The number of benzene rings is 1. The second-order valence-corrected chi connectivity index (χ2v) is 9.24. The van der Waals surface area contributed by atoms with Gasteiger partial charge in [0.2, 0.25) is 0 Å². The maximum absolute atomic E-state index is 6.10. The van der Waals surface area contributed by atoms with Crippen molar-refractivity contribution in [3.63, 3.8) is 0 Å². The molecule has 130 valence electrons. The normalized spacial score (nSPS) is 30.0. The second kappa shape index (κ2) is 6.48. The van der Waals surface area contributed by atoms with Crippen LogP contribution in [0.5, 0.6) is 0 Å². The molecule has 24 heavy (non-hydrogen) atoms. The Hall–Kier alpha value is -0.830. The Bertz CT molecular complexity index is 620. The average molecular weight is 345 g/mol. The van der Waals surface area contributed by atoms with E-state index in [1.807, 2.05) is 12.1 Å². The number of halogens is 1. The summed E-state index contributed by atoms with van der Waals surface area (Å²) < 4.78 is 0. The van der Waals surface area contributed by atoms with Crippen LogP contribution in [-0.4, -0.2) is 37.6 Å². The molecule has 0 bridgehead atoms. The minimum absolute atomic E-state index is 0.407. The summed E-state index contributed by atoms with van der Waals surface area (Å²) in [6, 6.07) is 8.49. The first-order valence-corrected chi connectivity index (χ1v) is 9.78. The molecule has 0 radical (unpaired) electrons. The summed E-state index contributed by atoms with van der Waals surface area (Å²) in [5, 5.41) is 4.38. The molecule has 0 saturated carbocycles. The summed E-state index contributed by atoms with van der Waals surface area (Å²) in [5.74, 6) is 1.76. The number of likely N-dealkylation sites (tertiary alicyclic amines) is 1. The average Bonchev–Trinajstić information content (AvgIpc) is 3.11. The van der Waals surface area contributed by atoms with E-state index in [1.54, 1.807) is 11.1 Å². The van der Waals surface area contributed by atoms with Crippen LogP contribution in [0.25, 0.3) is 5.57 Å². The van der Waals surface area contributed by atoms with Gasteiger partial charge in [-0.15, -0.1) is 0 Å². The number of fused-ring (bicyclic) bond motifs is 1. The fourth-order valence-electron chi connectivity index (χ4n) is 4.82. The van der Waals surface area contributed by atoms with Crippen molar-refractivity contribution in [2.24, 2.45) is 17.3 Å². The summed E-state index contributed by atoms with van der Waals surface area (Å²) in [7, 11) is 0. The molecular weight excluding hydrogens is 316 g/mol. The smallest absolute Gasteiger partial charge is 0.0406 e. The first kappa shape index (κ1) is 16.6. The molecule has 1 aromatic rings. The zero-order valence-electron chi connectivity index (χ0n) is 14.9. The molecule has 2 unspecified atom stereocenters. The Labute approximate surface area is 151 Å². The number of hydrogen-bond donors (Lipinski definition) is 1. The van der Waals surface area contributed by atoms with Crippen LogP contribution in [0.3, 0.4) is 0 Å². The molecule has 0 amide bonds. The van der Waals surface area contributed by atoms with E-state index < -0.39 is 0 Å². The molecule has 0 spiro atoms. The van der Waals surface area contributed by atoms with E-state index in [1.165, 1.54) is 57.5 Å². The molecular formula is C21H29ClN2. The van der Waals surface area contributed by atoms with Crippen molar-refractivity contribution in [2.45, 2.75) is 33.1 Å². The highest BCUT2D eigenvalue weighted by Gasteiger charge is 2.37. The fourth-order valence-corrected chi connectivity index (χ4v) is 4.94. The third kappa shape index (κ3) is 3.42. The molecule has 2 heterocycles. The van der Waals surface area contributed by atoms with Crippen molar-refractivity contribution in [3.05, 3.63) is 40.4 Å². The van der Waals surface area contributed by atoms with Crippen LogP contribution >= 0.6 is 11.6 Å². The van der Waals surface area contributed by atoms with Gasteiger partial charge >= 0.3 is 0 Å². The Kier molecular flexibility index (Phi) is 4.49. The van der Waals surface area contributed by atoms with Gasteiger partial charge in [0.15, 0.2) is 0 Å². The van der Waals surface area contributed by atoms with Gasteiger partial charge in [0.1, 0.15) is 0 Å². The zero-order chi connectivity index (χ0) is 16.7. The van der Waals surface area contributed by atoms with Gasteiger partial charge < -0.3 is 5.32 Å². The predicted octanol–water partition coefficient (Wildman–Crippen LogP) is 4.45. The first-order valence-electron chi connectivity index (χ1n) is 9.40. The van der Waals surface area contributed by atoms with Gasteiger partial charge in [-0.1, -0.05) is 43.2 Å². The van der Waals surface area contributed by atoms with Gasteiger partial charge in [0.25, 0.3) is 0 Å². The van der Waals surface area contributed by atoms with Gasteiger partial charge in [-0.05, 0) is 72.9 Å². The van der Waals surface area contributed by atoms with Crippen LogP contribution in [0.15, 0.2) is 29.8 Å². The lowest BCUT2D eigenvalue weighted by Gasteiger charge is -2.35. The van der Waals surface area contributed by atoms with E-state index in [4.69, 9.17) is 11.6 Å². The van der Waals surface area contributed by atoms with Crippen molar-refractivity contribution >= 4 is 17.2 Å². The fraction of sp³-hybridized carbons (Fsp3) is 0.619. The molecule has 1 N–H and O–H groups in total. The lowest BCUT2D eigenvalue weighted by molar-refractivity contribution is 0.301. The molecule has 1 aromatic carbocycles. The van der Waals surface area contributed by atoms with Crippen molar-refractivity contribution in [1.82, 2.24) is 10.2 Å². The van der Waals surface area contributed by atoms with Crippen LogP contribution in [0.2, 0.25) is 5.02 Å². The van der Waals surface area contributed by atoms with E-state index in [-0.39, 0.29) is 0 Å². The molecule has 2 saturated heterocycles. The van der Waals surface area contributed by atoms with Gasteiger partial charge in [-0.25, -0.2) is 0 Å². The van der Waals surface area contributed by atoms with Gasteiger partial charge in [0, 0.05) is 24.7 Å². The number of rotatable bonds is 3. The molecule has 1 aliphatic carbocycles. The van der Waals surface area contributed by atoms with Gasteiger partial charge in [0.05, 0.1) is 0 Å². The highest BCUT2D eigenvalue weighted by Crippen LogP contribution is 2.43. The summed E-state index contributed by atoms with van der Waals surface area (Å²) in [6.45, 7) is 11.0. The van der Waals surface area contributed by atoms with E-state index in [2.05, 4.69) is 36.2 Å². The largest absolute Gasteiger partial charge is 0.316 e. The Balaban J connectivity index is 1.58. The monoisotopic (exact) mass is 344 g/mol. The maximum atomic E-state index is 6.10. The summed E-state index contributed by atoms with van der Waals surface area (Å²) in [4.78, 5) is 2.71. The van der Waals surface area contributed by atoms with Gasteiger partial charge in [-0.2, -0.15) is 0 Å². The number of allylic oxidation sites excluding steroid dienone is 1. The van der Waals surface area contributed by atoms with Crippen LogP contribution < -0.4 is 5.32 Å². The number of nitrogens with zero attached hydrogens (tertiary/aromatic N) is 1. The molecule has 0 aromatic heterocycles. The SMILES string of the molecule is CC1(C)CCC(CN2CC3CNCC3C2)=C(c2ccc(Cl)cc2)C1. The maximum Gasteiger partial charge on any atom is 0.0406 e. The molecule has 2 nitrogen and oxygen atoms in total. The minimum atomic E-state index is 0.407. The van der Waals surface area contributed by atoms with Gasteiger partial charge in [-0.3, -0.25) is 4.90 Å². The third-order valence-corrected chi connectivity index (χ3v) is 6.51. The highest BCUT2D eigenvalue weighted by molar-refractivity contribution is 6.30. The quantitative estimate of drug-likeness (QED) is 0.871. The second-order valence-electron chi connectivity index (χ2n) is 8.80. The molecule has 2 fully saturated rings. The standard InChI is InChI=1S/C21H29ClN2/c1-21(2)8-7-16(12-24-13-17-10-23-11-18(17)14-24)20(9-21)15-3-5-19(22)6-4-15/h3-6,17-18,23H,7-14H2,1-2H3. The van der Waals surface area contributed by atoms with Crippen LogP contribution in [0.4, 0.5) is 0 Å². The van der Waals surface area contributed by atoms with E-state index in [9.17, 15) is 0 Å². The van der Waals surface area contributed by atoms with Crippen LogP contribution in [0, 0.1) is 17.3 Å². The summed E-state index contributed by atoms with van der Waals surface area (Å²) in [5.41, 5.74) is 5.04. The molecule has 2 aliphatic heterocycles. The van der Waals surface area contributed by atoms with E-state index in [0.29, 0.717) is 5.41 Å². The zero-order valence-corrected chi connectivity index (χ0v) is 15.7. The predicted molar refractivity (Wildman–Crippen MR) is 102 cm³/mol. The summed E-state index contributed by atoms with van der Waals surface area (Å²) in [6.07, 6.45) is 3.74. The molecule has 4 rings (SSSR count). The topological polar surface area (TPSA) is 15.3 Å².